The maximum atomic E-state index is 12.4. The van der Waals surface area contributed by atoms with Crippen LogP contribution in [0.25, 0.3) is 0 Å². The molecule has 0 atom stereocenters. The zero-order valence-corrected chi connectivity index (χ0v) is 37.2. The van der Waals surface area contributed by atoms with E-state index in [-0.39, 0.29) is 11.9 Å². The van der Waals surface area contributed by atoms with E-state index < -0.39 is 0 Å². The lowest BCUT2D eigenvalue weighted by atomic mass is 9.64. The summed E-state index contributed by atoms with van der Waals surface area (Å²) >= 11 is 0. The van der Waals surface area contributed by atoms with E-state index in [9.17, 15) is 9.59 Å². The second kappa shape index (κ2) is 33.8. The van der Waals surface area contributed by atoms with Crippen LogP contribution < -0.4 is 5.32 Å². The van der Waals surface area contributed by atoms with E-state index in [1.54, 1.807) is 0 Å². The minimum Gasteiger partial charge on any atom is -0.466 e. The van der Waals surface area contributed by atoms with Crippen molar-refractivity contribution in [3.63, 3.8) is 0 Å². The largest absolute Gasteiger partial charge is 0.466 e. The van der Waals surface area contributed by atoms with Crippen molar-refractivity contribution >= 4 is 11.9 Å². The first kappa shape index (κ1) is 50.0. The third-order valence-corrected chi connectivity index (χ3v) is 13.0. The first-order valence-electron chi connectivity index (χ1n) is 24.6. The zero-order chi connectivity index (χ0) is 39.7. The fraction of sp³-hybridized carbons (Fsp3) is 0.959. The molecular weight excluding hydrogens is 683 g/mol. The molecule has 6 heteroatoms. The summed E-state index contributed by atoms with van der Waals surface area (Å²) in [7, 11) is 0. The molecule has 0 aromatic heterocycles. The first-order valence-corrected chi connectivity index (χ1v) is 24.6. The second-order valence-electron chi connectivity index (χ2n) is 18.3. The number of esters is 2. The molecule has 0 bridgehead atoms. The topological polar surface area (TPSA) is 73.9 Å². The average molecular weight is 776 g/mol. The van der Waals surface area contributed by atoms with Crippen LogP contribution in [-0.4, -0.2) is 50.4 Å². The van der Waals surface area contributed by atoms with Gasteiger partial charge in [0.15, 0.2) is 0 Å². The van der Waals surface area contributed by atoms with Crippen LogP contribution >= 0.6 is 0 Å². The Labute approximate surface area is 341 Å². The molecule has 324 valence electrons. The molecule has 2 rings (SSSR count). The standard InChI is InChI=1S/C49H93NO5/c1-5-9-19-27-43(28-20-10-6-2)35-37-54-47(51)33-25-17-13-15-23-31-45(50-46-39-49(40-46)41-53-42-49)32-24-16-14-18-26-34-48(52)55-38-36-44(29-21-11-7-3)30-22-12-8-4/h43-46,50H,5-42H2,1-4H3. The highest BCUT2D eigenvalue weighted by molar-refractivity contribution is 5.69. The number of nitrogens with one attached hydrogen (secondary N) is 1. The van der Waals surface area contributed by atoms with Crippen LogP contribution in [0.4, 0.5) is 0 Å². The van der Waals surface area contributed by atoms with Crippen LogP contribution in [0.3, 0.4) is 0 Å². The van der Waals surface area contributed by atoms with Gasteiger partial charge in [0.1, 0.15) is 0 Å². The summed E-state index contributed by atoms with van der Waals surface area (Å²) in [6, 6.07) is 1.27. The van der Waals surface area contributed by atoms with Crippen molar-refractivity contribution in [2.75, 3.05) is 26.4 Å². The Morgan fingerprint density at radius 1 is 0.509 bits per heavy atom. The van der Waals surface area contributed by atoms with Gasteiger partial charge in [-0.1, -0.05) is 182 Å². The van der Waals surface area contributed by atoms with Crippen molar-refractivity contribution in [2.45, 2.75) is 258 Å². The molecule has 0 amide bonds. The van der Waals surface area contributed by atoms with Crippen molar-refractivity contribution in [3.8, 4) is 0 Å². The van der Waals surface area contributed by atoms with Crippen LogP contribution in [0.15, 0.2) is 0 Å². The van der Waals surface area contributed by atoms with Crippen molar-refractivity contribution in [3.05, 3.63) is 0 Å². The molecule has 1 saturated carbocycles. The van der Waals surface area contributed by atoms with Gasteiger partial charge in [0.25, 0.3) is 0 Å². The predicted molar refractivity (Wildman–Crippen MR) is 233 cm³/mol. The van der Waals surface area contributed by atoms with Crippen molar-refractivity contribution in [2.24, 2.45) is 17.3 Å². The lowest BCUT2D eigenvalue weighted by Crippen LogP contribution is -2.60. The maximum absolute atomic E-state index is 12.4. The molecule has 1 saturated heterocycles. The number of unbranched alkanes of at least 4 members (excludes halogenated alkanes) is 16. The number of rotatable bonds is 40. The van der Waals surface area contributed by atoms with E-state index >= 15 is 0 Å². The van der Waals surface area contributed by atoms with Crippen LogP contribution in [-0.2, 0) is 23.8 Å². The maximum Gasteiger partial charge on any atom is 0.305 e. The van der Waals surface area contributed by atoms with Crippen LogP contribution in [0.5, 0.6) is 0 Å². The van der Waals surface area contributed by atoms with E-state index in [0.29, 0.717) is 43.6 Å². The third-order valence-electron chi connectivity index (χ3n) is 13.0. The number of carbonyl (C=O) groups is 2. The Morgan fingerprint density at radius 2 is 0.873 bits per heavy atom. The number of hydrogen-bond donors (Lipinski definition) is 1. The summed E-state index contributed by atoms with van der Waals surface area (Å²) in [6.07, 6.45) is 40.7. The molecule has 1 heterocycles. The molecule has 0 aromatic rings. The van der Waals surface area contributed by atoms with E-state index in [4.69, 9.17) is 14.2 Å². The van der Waals surface area contributed by atoms with Gasteiger partial charge in [0, 0.05) is 30.3 Å². The first-order chi connectivity index (χ1) is 26.9. The SMILES string of the molecule is CCCCCC(CCCCC)CCOC(=O)CCCCCCCC(CCCCCCCC(=O)OCCC(CCCCC)CCCCC)NC1CC2(COC2)C1. The monoisotopic (exact) mass is 776 g/mol. The van der Waals surface area contributed by atoms with E-state index in [2.05, 4.69) is 33.0 Å². The summed E-state index contributed by atoms with van der Waals surface area (Å²) in [5, 5.41) is 4.04. The molecule has 1 spiro atoms. The van der Waals surface area contributed by atoms with Gasteiger partial charge < -0.3 is 19.5 Å². The molecule has 1 aliphatic heterocycles. The van der Waals surface area contributed by atoms with Crippen molar-refractivity contribution in [1.29, 1.82) is 0 Å². The van der Waals surface area contributed by atoms with E-state index in [1.807, 2.05) is 0 Å². The Morgan fingerprint density at radius 3 is 1.24 bits per heavy atom. The Kier molecular flexibility index (Phi) is 30.7. The smallest absolute Gasteiger partial charge is 0.305 e. The van der Waals surface area contributed by atoms with Crippen LogP contribution in [0.1, 0.15) is 246 Å². The Balaban J connectivity index is 1.54. The zero-order valence-electron chi connectivity index (χ0n) is 37.2. The van der Waals surface area contributed by atoms with Gasteiger partial charge in [-0.05, 0) is 63.2 Å². The molecule has 1 aliphatic carbocycles. The normalized spacial score (nSPS) is 15.3. The van der Waals surface area contributed by atoms with E-state index in [0.717, 1.165) is 63.6 Å². The third kappa shape index (κ3) is 25.8. The summed E-state index contributed by atoms with van der Waals surface area (Å²) < 4.78 is 16.9. The highest BCUT2D eigenvalue weighted by Crippen LogP contribution is 2.47. The summed E-state index contributed by atoms with van der Waals surface area (Å²) in [5.41, 5.74) is 0.500. The highest BCUT2D eigenvalue weighted by atomic mass is 16.5. The van der Waals surface area contributed by atoms with Crippen molar-refractivity contribution in [1.82, 2.24) is 5.32 Å². The summed E-state index contributed by atoms with van der Waals surface area (Å²) in [6.45, 7) is 12.2. The minimum absolute atomic E-state index is 0.00915. The van der Waals surface area contributed by atoms with Gasteiger partial charge in [-0.3, -0.25) is 9.59 Å². The summed E-state index contributed by atoms with van der Waals surface area (Å²) in [4.78, 5) is 24.8. The predicted octanol–water partition coefficient (Wildman–Crippen LogP) is 14.0. The molecule has 0 unspecified atom stereocenters. The summed E-state index contributed by atoms with van der Waals surface area (Å²) in [5.74, 6) is 1.46. The fourth-order valence-corrected chi connectivity index (χ4v) is 9.18. The van der Waals surface area contributed by atoms with Gasteiger partial charge in [-0.15, -0.1) is 0 Å². The van der Waals surface area contributed by atoms with Gasteiger partial charge in [0.2, 0.25) is 0 Å². The van der Waals surface area contributed by atoms with E-state index in [1.165, 1.54) is 167 Å². The quantitative estimate of drug-likeness (QED) is 0.0493. The number of hydrogen-bond acceptors (Lipinski definition) is 6. The van der Waals surface area contributed by atoms with Gasteiger partial charge in [0.05, 0.1) is 26.4 Å². The minimum atomic E-state index is 0.00915. The molecule has 0 aromatic carbocycles. The molecule has 55 heavy (non-hydrogen) atoms. The van der Waals surface area contributed by atoms with Gasteiger partial charge >= 0.3 is 11.9 Å². The molecular formula is C49H93NO5. The van der Waals surface area contributed by atoms with Gasteiger partial charge in [-0.2, -0.15) is 0 Å². The second-order valence-corrected chi connectivity index (χ2v) is 18.3. The fourth-order valence-electron chi connectivity index (χ4n) is 9.18. The van der Waals surface area contributed by atoms with Crippen molar-refractivity contribution < 1.29 is 23.8 Å². The van der Waals surface area contributed by atoms with Gasteiger partial charge in [-0.25, -0.2) is 0 Å². The molecule has 0 radical (unpaired) electrons. The number of ether oxygens (including phenoxy) is 3. The lowest BCUT2D eigenvalue weighted by Gasteiger charge is -2.54. The number of carbonyl (C=O) groups excluding carboxylic acids is 2. The van der Waals surface area contributed by atoms with Crippen LogP contribution in [0, 0.1) is 17.3 Å². The molecule has 1 N–H and O–H groups in total. The van der Waals surface area contributed by atoms with Crippen LogP contribution in [0.2, 0.25) is 0 Å². The lowest BCUT2D eigenvalue weighted by molar-refractivity contribution is -0.168. The molecule has 6 nitrogen and oxygen atoms in total. The highest BCUT2D eigenvalue weighted by Gasteiger charge is 2.49. The Hall–Kier alpha value is -1.14. The molecule has 2 aliphatic rings. The average Bonchev–Trinajstić information content (AvgIpc) is 3.14. The molecule has 2 fully saturated rings. The Bertz CT molecular complexity index is 822.